The zero-order valence-corrected chi connectivity index (χ0v) is 14.0. The van der Waals surface area contributed by atoms with Crippen molar-refractivity contribution < 1.29 is 0 Å². The van der Waals surface area contributed by atoms with Gasteiger partial charge < -0.3 is 11.1 Å². The number of nitrogens with one attached hydrogen (secondary N) is 1. The summed E-state index contributed by atoms with van der Waals surface area (Å²) in [5, 5.41) is 5.62. The first-order chi connectivity index (χ1) is 9.90. The van der Waals surface area contributed by atoms with Crippen molar-refractivity contribution >= 4 is 23.0 Å². The summed E-state index contributed by atoms with van der Waals surface area (Å²) in [6.45, 7) is 8.47. The fourth-order valence-electron chi connectivity index (χ4n) is 2.12. The molecule has 0 spiro atoms. The van der Waals surface area contributed by atoms with Crippen LogP contribution in [0.1, 0.15) is 57.3 Å². The summed E-state index contributed by atoms with van der Waals surface area (Å²) in [6, 6.07) is 6.33. The molecule has 0 aliphatic rings. The fraction of sp³-hybridized carbons (Fsp3) is 0.500. The van der Waals surface area contributed by atoms with Crippen molar-refractivity contribution in [3.63, 3.8) is 0 Å². The molecule has 3 N–H and O–H groups in total. The second-order valence-electron chi connectivity index (χ2n) is 6.25. The van der Waals surface area contributed by atoms with Gasteiger partial charge in [0.2, 0.25) is 0 Å². The van der Waals surface area contributed by atoms with Gasteiger partial charge in [-0.05, 0) is 17.9 Å². The highest BCUT2D eigenvalue weighted by Gasteiger charge is 2.20. The lowest BCUT2D eigenvalue weighted by Gasteiger charge is -2.21. The van der Waals surface area contributed by atoms with E-state index in [9.17, 15) is 0 Å². The van der Waals surface area contributed by atoms with E-state index in [-0.39, 0.29) is 11.5 Å². The van der Waals surface area contributed by atoms with E-state index in [1.165, 1.54) is 4.88 Å². The van der Waals surface area contributed by atoms with Gasteiger partial charge in [0.15, 0.2) is 0 Å². The van der Waals surface area contributed by atoms with Crippen LogP contribution in [0, 0.1) is 0 Å². The summed E-state index contributed by atoms with van der Waals surface area (Å²) in [7, 11) is 0. The Morgan fingerprint density at radius 2 is 2.10 bits per heavy atom. The molecule has 0 aliphatic heterocycles. The molecule has 2 heterocycles. The molecule has 21 heavy (non-hydrogen) atoms. The minimum absolute atomic E-state index is 0.116. The fourth-order valence-corrected chi connectivity index (χ4v) is 2.93. The van der Waals surface area contributed by atoms with Crippen molar-refractivity contribution in [2.24, 2.45) is 0 Å². The zero-order valence-electron chi connectivity index (χ0n) is 13.2. The Balaban J connectivity index is 2.26. The molecule has 1 unspecified atom stereocenters. The standard InChI is InChI=1S/C16H24N4S/c1-5-7-11(12-8-6-9-21-12)18-14-10-13(17)19-15(20-14)16(2,3)4/h6,8-11H,5,7H2,1-4H3,(H3,17,18,19,20). The van der Waals surface area contributed by atoms with Gasteiger partial charge in [-0.25, -0.2) is 9.97 Å². The highest BCUT2D eigenvalue weighted by atomic mass is 32.1. The van der Waals surface area contributed by atoms with Gasteiger partial charge in [-0.3, -0.25) is 0 Å². The number of aromatic nitrogens is 2. The molecule has 1 atom stereocenters. The Kier molecular flexibility index (Phi) is 4.83. The molecule has 0 bridgehead atoms. The number of rotatable bonds is 5. The van der Waals surface area contributed by atoms with Crippen molar-refractivity contribution in [2.75, 3.05) is 11.1 Å². The van der Waals surface area contributed by atoms with Gasteiger partial charge in [-0.1, -0.05) is 40.2 Å². The minimum atomic E-state index is -0.116. The largest absolute Gasteiger partial charge is 0.384 e. The van der Waals surface area contributed by atoms with Crippen LogP contribution in [0.3, 0.4) is 0 Å². The van der Waals surface area contributed by atoms with Crippen LogP contribution < -0.4 is 11.1 Å². The van der Waals surface area contributed by atoms with Crippen molar-refractivity contribution in [1.82, 2.24) is 9.97 Å². The second kappa shape index (κ2) is 6.43. The molecule has 0 radical (unpaired) electrons. The maximum atomic E-state index is 5.94. The SMILES string of the molecule is CCCC(Nc1cc(N)nc(C(C)(C)C)n1)c1cccs1. The third kappa shape index (κ3) is 4.17. The molecule has 2 rings (SSSR count). The van der Waals surface area contributed by atoms with Crippen LogP contribution in [0.2, 0.25) is 0 Å². The Morgan fingerprint density at radius 3 is 2.67 bits per heavy atom. The molecule has 0 aliphatic carbocycles. The van der Waals surface area contributed by atoms with E-state index in [0.29, 0.717) is 5.82 Å². The second-order valence-corrected chi connectivity index (χ2v) is 7.23. The summed E-state index contributed by atoms with van der Waals surface area (Å²) in [4.78, 5) is 10.3. The number of nitrogens with two attached hydrogens (primary N) is 1. The number of anilines is 2. The quantitative estimate of drug-likeness (QED) is 0.861. The first-order valence-corrected chi connectivity index (χ1v) is 8.23. The molecule has 0 saturated heterocycles. The Morgan fingerprint density at radius 1 is 1.33 bits per heavy atom. The third-order valence-corrected chi connectivity index (χ3v) is 4.19. The number of hydrogen-bond donors (Lipinski definition) is 2. The van der Waals surface area contributed by atoms with Gasteiger partial charge in [0.1, 0.15) is 17.5 Å². The van der Waals surface area contributed by atoms with E-state index < -0.39 is 0 Å². The molecular formula is C16H24N4S. The van der Waals surface area contributed by atoms with Gasteiger partial charge in [0.25, 0.3) is 0 Å². The molecule has 2 aromatic rings. The first-order valence-electron chi connectivity index (χ1n) is 7.35. The van der Waals surface area contributed by atoms with E-state index >= 15 is 0 Å². The van der Waals surface area contributed by atoms with Crippen LogP contribution in [0.25, 0.3) is 0 Å². The average Bonchev–Trinajstić information content (AvgIpc) is 2.90. The van der Waals surface area contributed by atoms with E-state index in [4.69, 9.17) is 5.73 Å². The van der Waals surface area contributed by atoms with Gasteiger partial charge in [-0.15, -0.1) is 11.3 Å². The summed E-state index contributed by atoms with van der Waals surface area (Å²) in [6.07, 6.45) is 2.18. The lowest BCUT2D eigenvalue weighted by Crippen LogP contribution is -2.19. The lowest BCUT2D eigenvalue weighted by molar-refractivity contribution is 0.546. The zero-order chi connectivity index (χ0) is 15.5. The number of nitrogen functional groups attached to an aromatic ring is 1. The van der Waals surface area contributed by atoms with Crippen LogP contribution in [-0.2, 0) is 5.41 Å². The smallest absolute Gasteiger partial charge is 0.138 e. The van der Waals surface area contributed by atoms with Crippen molar-refractivity contribution in [2.45, 2.75) is 52.0 Å². The van der Waals surface area contributed by atoms with Gasteiger partial charge in [0.05, 0.1) is 6.04 Å². The van der Waals surface area contributed by atoms with E-state index in [2.05, 4.69) is 60.5 Å². The van der Waals surface area contributed by atoms with Crippen molar-refractivity contribution in [3.8, 4) is 0 Å². The predicted octanol–water partition coefficient (Wildman–Crippen LogP) is 4.37. The van der Waals surface area contributed by atoms with Gasteiger partial charge in [0, 0.05) is 16.4 Å². The summed E-state index contributed by atoms with van der Waals surface area (Å²) in [5.74, 6) is 2.09. The highest BCUT2D eigenvalue weighted by Crippen LogP contribution is 2.28. The highest BCUT2D eigenvalue weighted by molar-refractivity contribution is 7.10. The van der Waals surface area contributed by atoms with E-state index in [0.717, 1.165) is 24.5 Å². The van der Waals surface area contributed by atoms with Crippen molar-refractivity contribution in [3.05, 3.63) is 34.3 Å². The van der Waals surface area contributed by atoms with Crippen LogP contribution >= 0.6 is 11.3 Å². The number of nitrogens with zero attached hydrogens (tertiary/aromatic N) is 2. The molecule has 114 valence electrons. The third-order valence-electron chi connectivity index (χ3n) is 3.20. The van der Waals surface area contributed by atoms with Crippen LogP contribution in [0.4, 0.5) is 11.6 Å². The molecule has 5 heteroatoms. The number of hydrogen-bond acceptors (Lipinski definition) is 5. The Bertz CT molecular complexity index is 572. The molecule has 2 aromatic heterocycles. The minimum Gasteiger partial charge on any atom is -0.384 e. The maximum absolute atomic E-state index is 5.94. The molecular weight excluding hydrogens is 280 g/mol. The van der Waals surface area contributed by atoms with Crippen LogP contribution in [-0.4, -0.2) is 9.97 Å². The molecule has 0 saturated carbocycles. The predicted molar refractivity (Wildman–Crippen MR) is 90.7 cm³/mol. The number of thiophene rings is 1. The Hall–Kier alpha value is -1.62. The van der Waals surface area contributed by atoms with E-state index in [1.807, 2.05) is 6.07 Å². The summed E-state index contributed by atoms with van der Waals surface area (Å²) in [5.41, 5.74) is 5.82. The topological polar surface area (TPSA) is 63.8 Å². The maximum Gasteiger partial charge on any atom is 0.138 e. The molecule has 0 aromatic carbocycles. The molecule has 4 nitrogen and oxygen atoms in total. The van der Waals surface area contributed by atoms with Crippen LogP contribution in [0.5, 0.6) is 0 Å². The van der Waals surface area contributed by atoms with Crippen molar-refractivity contribution in [1.29, 1.82) is 0 Å². The molecule has 0 fully saturated rings. The lowest BCUT2D eigenvalue weighted by atomic mass is 9.96. The van der Waals surface area contributed by atoms with E-state index in [1.54, 1.807) is 11.3 Å². The van der Waals surface area contributed by atoms with Gasteiger partial charge in [-0.2, -0.15) is 0 Å². The average molecular weight is 304 g/mol. The summed E-state index contributed by atoms with van der Waals surface area (Å²) < 4.78 is 0. The van der Waals surface area contributed by atoms with Gasteiger partial charge >= 0.3 is 0 Å². The molecule has 0 amide bonds. The Labute approximate surface area is 130 Å². The monoisotopic (exact) mass is 304 g/mol. The van der Waals surface area contributed by atoms with Crippen LogP contribution in [0.15, 0.2) is 23.6 Å². The summed E-state index contributed by atoms with van der Waals surface area (Å²) >= 11 is 1.77. The first kappa shape index (κ1) is 15.8. The normalized spacial score (nSPS) is 13.1.